The van der Waals surface area contributed by atoms with Crippen molar-refractivity contribution >= 4 is 24.2 Å². The van der Waals surface area contributed by atoms with Crippen molar-refractivity contribution in [3.05, 3.63) is 29.8 Å². The topological polar surface area (TPSA) is 75.9 Å². The van der Waals surface area contributed by atoms with E-state index >= 15 is 0 Å². The molecule has 1 fully saturated rings. The van der Waals surface area contributed by atoms with Gasteiger partial charge in [-0.25, -0.2) is 0 Å². The van der Waals surface area contributed by atoms with Crippen LogP contribution in [0.2, 0.25) is 0 Å². The predicted molar refractivity (Wildman–Crippen MR) is 95.3 cm³/mol. The van der Waals surface area contributed by atoms with Gasteiger partial charge in [-0.05, 0) is 32.4 Å². The maximum absolute atomic E-state index is 12.5. The molecular formula is C17H26ClN3O3. The van der Waals surface area contributed by atoms with Gasteiger partial charge in [-0.3, -0.25) is 9.59 Å². The van der Waals surface area contributed by atoms with E-state index in [1.54, 1.807) is 23.6 Å². The number of halogens is 1. The normalized spacial score (nSPS) is 16.8. The van der Waals surface area contributed by atoms with Crippen molar-refractivity contribution in [2.24, 2.45) is 5.73 Å². The second-order valence-electron chi connectivity index (χ2n) is 5.96. The lowest BCUT2D eigenvalue weighted by Gasteiger charge is -2.36. The molecule has 2 amide bonds. The van der Waals surface area contributed by atoms with E-state index in [0.717, 1.165) is 11.3 Å². The lowest BCUT2D eigenvalue weighted by atomic mass is 10.2. The van der Waals surface area contributed by atoms with Gasteiger partial charge in [0.05, 0.1) is 6.04 Å². The van der Waals surface area contributed by atoms with Crippen LogP contribution < -0.4 is 10.5 Å². The molecule has 2 atom stereocenters. The number of hydrogen-bond acceptors (Lipinski definition) is 4. The van der Waals surface area contributed by atoms with E-state index < -0.39 is 12.1 Å². The molecule has 0 aromatic heterocycles. The van der Waals surface area contributed by atoms with E-state index in [-0.39, 0.29) is 24.2 Å². The highest BCUT2D eigenvalue weighted by Gasteiger charge is 2.28. The molecule has 0 bridgehead atoms. The minimum absolute atomic E-state index is 0. The highest BCUT2D eigenvalue weighted by Crippen LogP contribution is 2.18. The van der Waals surface area contributed by atoms with Crippen LogP contribution in [-0.2, 0) is 9.59 Å². The summed E-state index contributed by atoms with van der Waals surface area (Å²) in [5.74, 6) is 0.599. The van der Waals surface area contributed by atoms with Gasteiger partial charge in [-0.15, -0.1) is 12.4 Å². The summed E-state index contributed by atoms with van der Waals surface area (Å²) >= 11 is 0. The Morgan fingerprint density at radius 3 is 2.04 bits per heavy atom. The summed E-state index contributed by atoms with van der Waals surface area (Å²) in [5.41, 5.74) is 6.62. The van der Waals surface area contributed by atoms with Crippen molar-refractivity contribution in [3.63, 3.8) is 0 Å². The average molecular weight is 356 g/mol. The molecule has 1 saturated heterocycles. The van der Waals surface area contributed by atoms with Crippen LogP contribution in [0.5, 0.6) is 5.75 Å². The smallest absolute Gasteiger partial charge is 0.263 e. The summed E-state index contributed by atoms with van der Waals surface area (Å²) in [7, 11) is 0. The number of para-hydroxylation sites is 1. The van der Waals surface area contributed by atoms with Crippen molar-refractivity contribution in [1.82, 2.24) is 9.80 Å². The molecule has 6 nitrogen and oxygen atoms in total. The summed E-state index contributed by atoms with van der Waals surface area (Å²) < 4.78 is 5.78. The van der Waals surface area contributed by atoms with Gasteiger partial charge < -0.3 is 20.3 Å². The van der Waals surface area contributed by atoms with Crippen LogP contribution in [0.4, 0.5) is 0 Å². The summed E-state index contributed by atoms with van der Waals surface area (Å²) in [4.78, 5) is 27.8. The highest BCUT2D eigenvalue weighted by molar-refractivity contribution is 5.85. The molecule has 24 heavy (non-hydrogen) atoms. The van der Waals surface area contributed by atoms with Crippen molar-refractivity contribution in [1.29, 1.82) is 0 Å². The number of aryl methyl sites for hydroxylation is 1. The Kier molecular flexibility index (Phi) is 7.51. The molecule has 2 N–H and O–H groups in total. The Balaban J connectivity index is 0.00000288. The molecular weight excluding hydrogens is 330 g/mol. The zero-order chi connectivity index (χ0) is 17.0. The molecule has 7 heteroatoms. The van der Waals surface area contributed by atoms with E-state index in [1.165, 1.54) is 0 Å². The van der Waals surface area contributed by atoms with Gasteiger partial charge >= 0.3 is 0 Å². The summed E-state index contributed by atoms with van der Waals surface area (Å²) in [6.45, 7) is 7.45. The number of nitrogens with two attached hydrogens (primary N) is 1. The average Bonchev–Trinajstić information content (AvgIpc) is 2.55. The number of carbonyl (C=O) groups excluding carboxylic acids is 2. The van der Waals surface area contributed by atoms with Gasteiger partial charge in [-0.1, -0.05) is 18.2 Å². The Labute approximate surface area is 149 Å². The molecule has 1 aliphatic heterocycles. The maximum atomic E-state index is 12.5. The lowest BCUT2D eigenvalue weighted by Crippen LogP contribution is -2.55. The number of carbonyl (C=O) groups is 2. The number of amides is 2. The lowest BCUT2D eigenvalue weighted by molar-refractivity contribution is -0.144. The fraction of sp³-hybridized carbons (Fsp3) is 0.529. The molecule has 1 aromatic carbocycles. The summed E-state index contributed by atoms with van der Waals surface area (Å²) in [6, 6.07) is 7.13. The number of benzene rings is 1. The number of nitrogens with zero attached hydrogens (tertiary/aromatic N) is 2. The number of piperazine rings is 1. The van der Waals surface area contributed by atoms with E-state index in [4.69, 9.17) is 10.5 Å². The predicted octanol–water partition coefficient (Wildman–Crippen LogP) is 1.20. The van der Waals surface area contributed by atoms with Crippen LogP contribution in [0.1, 0.15) is 19.4 Å². The maximum Gasteiger partial charge on any atom is 0.263 e. The van der Waals surface area contributed by atoms with Crippen LogP contribution in [0, 0.1) is 6.92 Å². The monoisotopic (exact) mass is 355 g/mol. The minimum Gasteiger partial charge on any atom is -0.481 e. The Hall–Kier alpha value is -1.79. The number of ether oxygens (including phenoxy) is 1. The van der Waals surface area contributed by atoms with E-state index in [2.05, 4.69) is 0 Å². The summed E-state index contributed by atoms with van der Waals surface area (Å²) in [6.07, 6.45) is -0.549. The van der Waals surface area contributed by atoms with Crippen molar-refractivity contribution in [2.75, 3.05) is 26.2 Å². The second kappa shape index (κ2) is 8.89. The van der Waals surface area contributed by atoms with Crippen LogP contribution in [0.25, 0.3) is 0 Å². The first-order valence-corrected chi connectivity index (χ1v) is 7.95. The third-order valence-corrected chi connectivity index (χ3v) is 4.04. The van der Waals surface area contributed by atoms with Crippen molar-refractivity contribution in [3.8, 4) is 5.75 Å². The fourth-order valence-electron chi connectivity index (χ4n) is 2.62. The largest absolute Gasteiger partial charge is 0.481 e. The fourth-order valence-corrected chi connectivity index (χ4v) is 2.62. The van der Waals surface area contributed by atoms with Gasteiger partial charge in [0.1, 0.15) is 5.75 Å². The molecule has 0 spiro atoms. The van der Waals surface area contributed by atoms with Gasteiger partial charge in [0.15, 0.2) is 6.10 Å². The standard InChI is InChI=1S/C17H25N3O3.ClH/c1-12-6-4-5-7-15(12)23-14(3)17(22)20-10-8-19(9-11-20)16(21)13(2)18;/h4-7,13-14H,8-11,18H2,1-3H3;1H/t13-,14?;/m0./s1. The van der Waals surface area contributed by atoms with Crippen LogP contribution in [-0.4, -0.2) is 59.9 Å². The Morgan fingerprint density at radius 1 is 1.04 bits per heavy atom. The molecule has 1 unspecified atom stereocenters. The molecule has 2 rings (SSSR count). The SMILES string of the molecule is Cc1ccccc1OC(C)C(=O)N1CCN(C(=O)[C@H](C)N)CC1.Cl. The van der Waals surface area contributed by atoms with Gasteiger partial charge in [-0.2, -0.15) is 0 Å². The Morgan fingerprint density at radius 2 is 1.54 bits per heavy atom. The zero-order valence-electron chi connectivity index (χ0n) is 14.4. The number of rotatable bonds is 4. The van der Waals surface area contributed by atoms with Crippen LogP contribution in [0.15, 0.2) is 24.3 Å². The zero-order valence-corrected chi connectivity index (χ0v) is 15.2. The third-order valence-electron chi connectivity index (χ3n) is 4.04. The summed E-state index contributed by atoms with van der Waals surface area (Å²) in [5, 5.41) is 0. The van der Waals surface area contributed by atoms with E-state index in [0.29, 0.717) is 26.2 Å². The molecule has 0 radical (unpaired) electrons. The first-order chi connectivity index (χ1) is 10.9. The van der Waals surface area contributed by atoms with Crippen molar-refractivity contribution < 1.29 is 14.3 Å². The van der Waals surface area contributed by atoms with Crippen molar-refractivity contribution in [2.45, 2.75) is 32.9 Å². The molecule has 0 saturated carbocycles. The minimum atomic E-state index is -0.549. The first kappa shape index (κ1) is 20.3. The molecule has 1 aliphatic rings. The van der Waals surface area contributed by atoms with E-state index in [9.17, 15) is 9.59 Å². The number of hydrogen-bond donors (Lipinski definition) is 1. The Bertz CT molecular complexity index is 572. The molecule has 0 aliphatic carbocycles. The first-order valence-electron chi connectivity index (χ1n) is 7.95. The molecule has 1 aromatic rings. The van der Waals surface area contributed by atoms with E-state index in [1.807, 2.05) is 31.2 Å². The van der Waals surface area contributed by atoms with Gasteiger partial charge in [0, 0.05) is 26.2 Å². The van der Waals surface area contributed by atoms with Crippen LogP contribution in [0.3, 0.4) is 0 Å². The van der Waals surface area contributed by atoms with Crippen LogP contribution >= 0.6 is 12.4 Å². The second-order valence-corrected chi connectivity index (χ2v) is 5.96. The molecule has 1 heterocycles. The van der Waals surface area contributed by atoms with Gasteiger partial charge in [0.25, 0.3) is 5.91 Å². The van der Waals surface area contributed by atoms with Gasteiger partial charge in [0.2, 0.25) is 5.91 Å². The quantitative estimate of drug-likeness (QED) is 0.880. The third kappa shape index (κ3) is 4.85. The molecule has 134 valence electrons. The highest BCUT2D eigenvalue weighted by atomic mass is 35.5.